The largest absolute Gasteiger partial charge is 0.278 e. The van der Waals surface area contributed by atoms with Gasteiger partial charge in [-0.1, -0.05) is 176 Å². The quantitative estimate of drug-likeness (QED) is 0.171. The topological polar surface area (TPSA) is 48.5 Å². The molecule has 0 spiro atoms. The first-order valence-corrected chi connectivity index (χ1v) is 17.6. The number of nitrogens with zero attached hydrogens (tertiary/aromatic N) is 5. The summed E-state index contributed by atoms with van der Waals surface area (Å²) < 4.78 is 144. The highest BCUT2D eigenvalue weighted by molar-refractivity contribution is 6.10. The summed E-state index contributed by atoms with van der Waals surface area (Å²) in [6, 6.07) is 22.7. The molecule has 11 rings (SSSR count). The van der Waals surface area contributed by atoms with Crippen LogP contribution in [0.1, 0.15) is 21.9 Å². The first-order valence-electron chi connectivity index (χ1n) is 25.6. The van der Waals surface area contributed by atoms with Gasteiger partial charge in [-0.2, -0.15) is 15.0 Å². The van der Waals surface area contributed by atoms with Gasteiger partial charge in [-0.3, -0.25) is 9.13 Å². The smallest absolute Gasteiger partial charge is 0.240 e. The van der Waals surface area contributed by atoms with Crippen LogP contribution in [0, 0.1) is 0 Å². The molecule has 0 aliphatic carbocycles. The third-order valence-electron chi connectivity index (χ3n) is 9.76. The van der Waals surface area contributed by atoms with Crippen LogP contribution in [0.4, 0.5) is 0 Å². The van der Waals surface area contributed by atoms with E-state index >= 15 is 0 Å². The second-order valence-electron chi connectivity index (χ2n) is 12.9. The minimum Gasteiger partial charge on any atom is -0.278 e. The lowest BCUT2D eigenvalue weighted by atomic mass is 9.93. The van der Waals surface area contributed by atoms with Crippen LogP contribution >= 0.6 is 0 Å². The summed E-state index contributed by atoms with van der Waals surface area (Å²) in [5, 5.41) is -1.04. The number of benzene rings is 8. The molecule has 0 N–H and O–H groups in total. The Bertz CT molecular complexity index is 3820. The van der Waals surface area contributed by atoms with Gasteiger partial charge in [-0.05, 0) is 57.6 Å². The van der Waals surface area contributed by atoms with Gasteiger partial charge in [-0.15, -0.1) is 0 Å². The average Bonchev–Trinajstić information content (AvgIpc) is 3.97. The summed E-state index contributed by atoms with van der Waals surface area (Å²) in [5.74, 6) is -1.06. The number of para-hydroxylation sites is 4. The minimum absolute atomic E-state index is 0.139. The van der Waals surface area contributed by atoms with Crippen LogP contribution in [0.5, 0.6) is 0 Å². The number of fused-ring (bicyclic) bond motifs is 6. The number of hydrogen-bond donors (Lipinski definition) is 0. The molecule has 8 aromatic carbocycles. The molecule has 11 aromatic rings. The zero-order chi connectivity index (χ0) is 50.9. The molecule has 0 saturated carbocycles. The maximum Gasteiger partial charge on any atom is 0.240 e. The fourth-order valence-electron chi connectivity index (χ4n) is 7.18. The van der Waals surface area contributed by atoms with Gasteiger partial charge in [0, 0.05) is 27.1 Å². The van der Waals surface area contributed by atoms with E-state index < -0.39 is 109 Å². The molecule has 0 radical (unpaired) electrons. The lowest BCUT2D eigenvalue weighted by molar-refractivity contribution is 0.893. The summed E-state index contributed by atoms with van der Waals surface area (Å²) in [6.07, 6.45) is 0. The van der Waals surface area contributed by atoms with Crippen LogP contribution in [0.15, 0.2) is 200 Å². The molecule has 0 bridgehead atoms. The highest BCUT2D eigenvalue weighted by Gasteiger charge is 2.20. The van der Waals surface area contributed by atoms with Crippen molar-refractivity contribution in [3.63, 3.8) is 0 Å². The molecule has 0 saturated heterocycles. The molecule has 0 aliphatic heterocycles. The molecule has 0 amide bonds. The Morgan fingerprint density at radius 1 is 0.321 bits per heavy atom. The van der Waals surface area contributed by atoms with Crippen molar-refractivity contribution in [2.75, 3.05) is 0 Å². The van der Waals surface area contributed by atoms with Gasteiger partial charge in [0.05, 0.1) is 44.0 Å². The molecule has 5 nitrogen and oxygen atoms in total. The van der Waals surface area contributed by atoms with Gasteiger partial charge >= 0.3 is 0 Å². The standard InChI is InChI=1S/C51H33N5/c1-2-14-34(15-3-1)35-26-28-36(29-27-35)39-16-4-5-17-40(39)37-30-32-38(33-31-37)49-52-50(55-45-22-10-6-18-41(45)42-19-7-11-23-46(42)55)54-51(53-49)56-47-24-12-8-20-43(47)44-21-9-13-25-48(44)56/h1-33H/i6D,7D,8D,9D,10D,11D,12D,13D,18D,19D,20D,21D,22D,23D,24D,25D. The highest BCUT2D eigenvalue weighted by atomic mass is 15.3. The van der Waals surface area contributed by atoms with Crippen molar-refractivity contribution in [3.05, 3.63) is 200 Å². The van der Waals surface area contributed by atoms with E-state index in [2.05, 4.69) is 24.3 Å². The van der Waals surface area contributed by atoms with Crippen LogP contribution in [-0.4, -0.2) is 24.1 Å². The molecule has 0 aliphatic rings. The maximum absolute atomic E-state index is 9.18. The Kier molecular flexibility index (Phi) is 4.57. The van der Waals surface area contributed by atoms with Crippen LogP contribution in [-0.2, 0) is 0 Å². The van der Waals surface area contributed by atoms with Crippen molar-refractivity contribution in [2.45, 2.75) is 0 Å². The zero-order valence-corrected chi connectivity index (χ0v) is 29.1. The van der Waals surface area contributed by atoms with Crippen molar-refractivity contribution in [3.8, 4) is 56.7 Å². The van der Waals surface area contributed by atoms with Crippen molar-refractivity contribution >= 4 is 43.6 Å². The molecule has 3 aromatic heterocycles. The molecule has 5 heteroatoms. The van der Waals surface area contributed by atoms with E-state index in [1.54, 1.807) is 12.1 Å². The third kappa shape index (κ3) is 5.21. The van der Waals surface area contributed by atoms with Gasteiger partial charge in [0.15, 0.2) is 5.82 Å². The summed E-state index contributed by atoms with van der Waals surface area (Å²) in [4.78, 5) is 14.4. The predicted octanol–water partition coefficient (Wildman–Crippen LogP) is 12.7. The zero-order valence-electron chi connectivity index (χ0n) is 45.1. The molecular weight excluding hydrogens is 683 g/mol. The van der Waals surface area contributed by atoms with Crippen LogP contribution < -0.4 is 0 Å². The first-order chi connectivity index (χ1) is 34.4. The second kappa shape index (κ2) is 13.0. The monoisotopic (exact) mass is 731 g/mol. The average molecular weight is 732 g/mol. The molecule has 0 fully saturated rings. The van der Waals surface area contributed by atoms with Crippen molar-refractivity contribution in [1.29, 1.82) is 0 Å². The molecule has 56 heavy (non-hydrogen) atoms. The van der Waals surface area contributed by atoms with E-state index in [1.807, 2.05) is 66.7 Å². The van der Waals surface area contributed by atoms with Crippen LogP contribution in [0.3, 0.4) is 0 Å². The minimum atomic E-state index is -0.696. The van der Waals surface area contributed by atoms with Crippen molar-refractivity contribution < 1.29 is 21.9 Å². The second-order valence-corrected chi connectivity index (χ2v) is 12.9. The van der Waals surface area contributed by atoms with Crippen molar-refractivity contribution in [2.24, 2.45) is 0 Å². The van der Waals surface area contributed by atoms with Gasteiger partial charge < -0.3 is 0 Å². The fraction of sp³-hybridized carbons (Fsp3) is 0. The van der Waals surface area contributed by atoms with E-state index in [4.69, 9.17) is 31.4 Å². The number of rotatable bonds is 6. The fourth-order valence-corrected chi connectivity index (χ4v) is 7.18. The summed E-state index contributed by atoms with van der Waals surface area (Å²) in [5.41, 5.74) is 4.76. The van der Waals surface area contributed by atoms with Gasteiger partial charge in [-0.25, -0.2) is 0 Å². The van der Waals surface area contributed by atoms with E-state index in [0.29, 0.717) is 5.56 Å². The number of aromatic nitrogens is 5. The lowest BCUT2D eigenvalue weighted by Gasteiger charge is -2.13. The highest BCUT2D eigenvalue weighted by Crippen LogP contribution is 2.36. The molecular formula is C51H33N5. The van der Waals surface area contributed by atoms with E-state index in [-0.39, 0.29) is 49.4 Å². The molecule has 3 heterocycles. The van der Waals surface area contributed by atoms with E-state index in [0.717, 1.165) is 42.5 Å². The Balaban J connectivity index is 1.21. The van der Waals surface area contributed by atoms with E-state index in [1.165, 1.54) is 0 Å². The summed E-state index contributed by atoms with van der Waals surface area (Å²) >= 11 is 0. The maximum atomic E-state index is 9.18. The molecule has 0 atom stereocenters. The SMILES string of the molecule is [2H]c1c([2H])c([2H])c2c(c1[2H])c1c([2H])c([2H])c([2H])c([2H])c1n2-c1nc(-c2ccc(-c3ccccc3-c3ccc(-c4ccccc4)cc3)cc2)nc(-n2c3c([2H])c([2H])c([2H])c([2H])c3c3c([2H])c([2H])c([2H])c([2H])c32)n1. The summed E-state index contributed by atoms with van der Waals surface area (Å²) in [7, 11) is 0. The predicted molar refractivity (Wildman–Crippen MR) is 230 cm³/mol. The lowest BCUT2D eigenvalue weighted by Crippen LogP contribution is -2.10. The first kappa shape index (κ1) is 19.6. The van der Waals surface area contributed by atoms with Crippen molar-refractivity contribution in [1.82, 2.24) is 24.1 Å². The summed E-state index contributed by atoms with van der Waals surface area (Å²) in [6.45, 7) is 0. The van der Waals surface area contributed by atoms with E-state index in [9.17, 15) is 5.48 Å². The van der Waals surface area contributed by atoms with Crippen LogP contribution in [0.25, 0.3) is 100 Å². The third-order valence-corrected chi connectivity index (χ3v) is 9.76. The Hall–Kier alpha value is -7.63. The van der Waals surface area contributed by atoms with Crippen LogP contribution in [0.2, 0.25) is 0 Å². The van der Waals surface area contributed by atoms with Gasteiger partial charge in [0.25, 0.3) is 0 Å². The van der Waals surface area contributed by atoms with Gasteiger partial charge in [0.2, 0.25) is 11.9 Å². The Morgan fingerprint density at radius 2 is 0.661 bits per heavy atom. The normalized spacial score (nSPS) is 15.6. The Morgan fingerprint density at radius 3 is 1.09 bits per heavy atom. The van der Waals surface area contributed by atoms with Gasteiger partial charge in [0.1, 0.15) is 0 Å². The number of hydrogen-bond acceptors (Lipinski definition) is 3. The molecule has 262 valence electrons. The molecule has 0 unspecified atom stereocenters. The Labute approximate surface area is 345 Å².